The van der Waals surface area contributed by atoms with Crippen molar-refractivity contribution in [1.29, 1.82) is 0 Å². The lowest BCUT2D eigenvalue weighted by Crippen LogP contribution is -2.59. The van der Waals surface area contributed by atoms with Gasteiger partial charge >= 0.3 is 5.97 Å². The van der Waals surface area contributed by atoms with Gasteiger partial charge in [-0.25, -0.2) is 4.79 Å². The van der Waals surface area contributed by atoms with Crippen LogP contribution in [-0.2, 0) is 63.7 Å². The molecular formula is C51H86N8O12. The van der Waals surface area contributed by atoms with E-state index in [1.54, 1.807) is 23.8 Å². The third kappa shape index (κ3) is 19.4. The molecule has 1 unspecified atom stereocenters. The standard InChI is InChI=1S/C51H86N8O12/c1-14-33(6)45(58(11)50(66)43(31(2)3)56-49(65)44(32(4)5)57(9)10)39(68-12)29-42(62)59-26-18-22-38(59)46(69-13)34(7)47(63)55-37(28-36-20-16-15-17-21-36)48(64)53-25-19-27-70-51(67)35(8)54-41(61)24-23-40(52)71-30-60/h15-17,20-21,30-35,37-40,43-46H,14,18-19,22-29,52H2,1-13H3,(H,53,64)(H,54,61)(H,55,63)(H,56,65)/t33-,34+,35-,37-,38-,39+,40?,43-,44-,45-,46+/m0/s1. The Hall–Kier alpha value is -5.18. The van der Waals surface area contributed by atoms with Crippen molar-refractivity contribution < 1.29 is 57.3 Å². The minimum atomic E-state index is -0.984. The van der Waals surface area contributed by atoms with E-state index in [0.29, 0.717) is 25.8 Å². The molecule has 1 aromatic rings. The third-order valence-electron chi connectivity index (χ3n) is 13.3. The van der Waals surface area contributed by atoms with E-state index in [1.165, 1.54) is 21.1 Å². The van der Waals surface area contributed by atoms with E-state index in [0.717, 1.165) is 5.56 Å². The molecule has 1 aromatic carbocycles. The van der Waals surface area contributed by atoms with Gasteiger partial charge in [0, 0.05) is 53.6 Å². The molecule has 0 bridgehead atoms. The second-order valence-corrected chi connectivity index (χ2v) is 19.6. The molecule has 0 aromatic heterocycles. The van der Waals surface area contributed by atoms with Crippen LogP contribution in [0.25, 0.3) is 0 Å². The van der Waals surface area contributed by atoms with Gasteiger partial charge in [0.15, 0.2) is 6.23 Å². The number of amides is 6. The normalized spacial score (nSPS) is 17.9. The molecule has 6 amide bonds. The van der Waals surface area contributed by atoms with Crippen LogP contribution in [0.4, 0.5) is 0 Å². The van der Waals surface area contributed by atoms with Gasteiger partial charge in [0.2, 0.25) is 35.4 Å². The number of nitrogens with zero attached hydrogens (tertiary/aromatic N) is 3. The number of ether oxygens (including phenoxy) is 4. The van der Waals surface area contributed by atoms with Crippen LogP contribution in [0.15, 0.2) is 30.3 Å². The highest BCUT2D eigenvalue weighted by atomic mass is 16.5. The Morgan fingerprint density at radius 1 is 0.873 bits per heavy atom. The van der Waals surface area contributed by atoms with Crippen molar-refractivity contribution in [2.24, 2.45) is 29.4 Å². The molecule has 402 valence electrons. The number of methoxy groups -OCH3 is 2. The fraction of sp³-hybridized carbons (Fsp3) is 0.725. The number of likely N-dealkylation sites (tertiary alicyclic amines) is 1. The predicted octanol–water partition coefficient (Wildman–Crippen LogP) is 2.15. The Morgan fingerprint density at radius 3 is 2.10 bits per heavy atom. The fourth-order valence-corrected chi connectivity index (χ4v) is 9.26. The van der Waals surface area contributed by atoms with Crippen LogP contribution in [0.3, 0.4) is 0 Å². The molecule has 0 aliphatic carbocycles. The van der Waals surface area contributed by atoms with Crippen LogP contribution in [0.2, 0.25) is 0 Å². The maximum absolute atomic E-state index is 14.4. The summed E-state index contributed by atoms with van der Waals surface area (Å²) in [6.45, 7) is 15.6. The first-order valence-electron chi connectivity index (χ1n) is 25.1. The number of nitrogens with one attached hydrogen (secondary N) is 4. The molecule has 20 heteroatoms. The van der Waals surface area contributed by atoms with Crippen LogP contribution in [0, 0.1) is 23.7 Å². The molecule has 6 N–H and O–H groups in total. The van der Waals surface area contributed by atoms with Crippen LogP contribution < -0.4 is 27.0 Å². The van der Waals surface area contributed by atoms with Crippen molar-refractivity contribution in [3.8, 4) is 0 Å². The molecular weight excluding hydrogens is 917 g/mol. The minimum Gasteiger partial charge on any atom is -0.464 e. The molecule has 1 saturated heterocycles. The van der Waals surface area contributed by atoms with Crippen molar-refractivity contribution in [3.63, 3.8) is 0 Å². The molecule has 20 nitrogen and oxygen atoms in total. The van der Waals surface area contributed by atoms with E-state index in [4.69, 9.17) is 19.9 Å². The van der Waals surface area contributed by atoms with Gasteiger partial charge in [-0.1, -0.05) is 85.2 Å². The van der Waals surface area contributed by atoms with Crippen LogP contribution in [0.1, 0.15) is 106 Å². The summed E-state index contributed by atoms with van der Waals surface area (Å²) < 4.78 is 21.9. The second-order valence-electron chi connectivity index (χ2n) is 19.6. The molecule has 1 aliphatic rings. The first-order valence-corrected chi connectivity index (χ1v) is 25.1. The topological polar surface area (TPSA) is 257 Å². The van der Waals surface area contributed by atoms with Crippen molar-refractivity contribution >= 4 is 47.9 Å². The van der Waals surface area contributed by atoms with Gasteiger partial charge in [-0.05, 0) is 63.6 Å². The number of hydrogen-bond donors (Lipinski definition) is 5. The number of likely N-dealkylation sites (N-methyl/N-ethyl adjacent to an activating group) is 2. The van der Waals surface area contributed by atoms with Gasteiger partial charge in [0.05, 0.1) is 49.3 Å². The van der Waals surface area contributed by atoms with Crippen molar-refractivity contribution in [2.45, 2.75) is 161 Å². The quantitative estimate of drug-likeness (QED) is 0.0300. The Balaban J connectivity index is 2.18. The van der Waals surface area contributed by atoms with E-state index < -0.39 is 84.3 Å². The monoisotopic (exact) mass is 1000 g/mol. The molecule has 1 aliphatic heterocycles. The lowest BCUT2D eigenvalue weighted by molar-refractivity contribution is -0.148. The first-order chi connectivity index (χ1) is 33.5. The Morgan fingerprint density at radius 2 is 1.54 bits per heavy atom. The fourth-order valence-electron chi connectivity index (χ4n) is 9.26. The molecule has 0 spiro atoms. The number of nitrogens with two attached hydrogens (primary N) is 1. The van der Waals surface area contributed by atoms with Crippen LogP contribution in [0.5, 0.6) is 0 Å². The summed E-state index contributed by atoms with van der Waals surface area (Å²) in [5.41, 5.74) is 6.36. The SMILES string of the molecule is CC[C@H](C)[C@@H]([C@@H](CC(=O)N1CCC[C@H]1[C@H](OC)[C@@H](C)C(=O)N[C@@H](Cc1ccccc1)C(=O)NCCCOC(=O)[C@H](C)NC(=O)CCC(N)OC=O)OC)N(C)C(=O)[C@@H](NC(=O)[C@H](C(C)C)N(C)C)C(C)C. The van der Waals surface area contributed by atoms with Gasteiger partial charge in [-0.15, -0.1) is 0 Å². The number of esters is 1. The number of hydrogen-bond acceptors (Lipinski definition) is 14. The Labute approximate surface area is 421 Å². The predicted molar refractivity (Wildman–Crippen MR) is 268 cm³/mol. The summed E-state index contributed by atoms with van der Waals surface area (Å²) >= 11 is 0. The highest BCUT2D eigenvalue weighted by molar-refractivity contribution is 5.91. The molecule has 11 atom stereocenters. The summed E-state index contributed by atoms with van der Waals surface area (Å²) in [6.07, 6.45) is -0.0471. The highest BCUT2D eigenvalue weighted by Crippen LogP contribution is 2.30. The summed E-state index contributed by atoms with van der Waals surface area (Å²) in [5.74, 6) is -3.85. The Kier molecular flexibility index (Phi) is 27.3. The van der Waals surface area contributed by atoms with E-state index in [-0.39, 0.29) is 87.2 Å². The van der Waals surface area contributed by atoms with Crippen LogP contribution >= 0.6 is 0 Å². The third-order valence-corrected chi connectivity index (χ3v) is 13.3. The van der Waals surface area contributed by atoms with E-state index in [1.807, 2.05) is 90.9 Å². The summed E-state index contributed by atoms with van der Waals surface area (Å²) in [7, 11) is 8.41. The van der Waals surface area contributed by atoms with E-state index in [9.17, 15) is 38.4 Å². The maximum atomic E-state index is 14.4. The molecule has 1 heterocycles. The van der Waals surface area contributed by atoms with Gasteiger partial charge in [0.1, 0.15) is 18.1 Å². The van der Waals surface area contributed by atoms with Crippen molar-refractivity contribution in [2.75, 3.05) is 55.1 Å². The zero-order valence-corrected chi connectivity index (χ0v) is 44.6. The lowest BCUT2D eigenvalue weighted by Gasteiger charge is -2.41. The molecule has 0 saturated carbocycles. The summed E-state index contributed by atoms with van der Waals surface area (Å²) in [4.78, 5) is 110. The van der Waals surface area contributed by atoms with Gasteiger partial charge in [-0.2, -0.15) is 0 Å². The molecule has 1 fully saturated rings. The largest absolute Gasteiger partial charge is 0.464 e. The zero-order chi connectivity index (χ0) is 53.5. The lowest BCUT2D eigenvalue weighted by atomic mass is 9.89. The van der Waals surface area contributed by atoms with E-state index >= 15 is 0 Å². The Bertz CT molecular complexity index is 1850. The average molecular weight is 1000 g/mol. The number of benzene rings is 1. The van der Waals surface area contributed by atoms with Crippen molar-refractivity contribution in [3.05, 3.63) is 35.9 Å². The first kappa shape index (κ1) is 61.9. The molecule has 71 heavy (non-hydrogen) atoms. The van der Waals surface area contributed by atoms with Crippen LogP contribution in [-0.4, -0.2) is 172 Å². The second kappa shape index (κ2) is 31.3. The molecule has 0 radical (unpaired) electrons. The number of carbonyl (C=O) groups is 8. The summed E-state index contributed by atoms with van der Waals surface area (Å²) in [6, 6.07) is 5.05. The highest BCUT2D eigenvalue weighted by Gasteiger charge is 2.43. The average Bonchev–Trinajstić information content (AvgIpc) is 3.81. The summed E-state index contributed by atoms with van der Waals surface area (Å²) in [5, 5.41) is 11.3. The van der Waals surface area contributed by atoms with E-state index in [2.05, 4.69) is 26.0 Å². The van der Waals surface area contributed by atoms with Gasteiger partial charge in [-0.3, -0.25) is 44.2 Å². The minimum absolute atomic E-state index is 0.0101. The smallest absolute Gasteiger partial charge is 0.328 e. The number of carbonyl (C=O) groups excluding carboxylic acids is 8. The maximum Gasteiger partial charge on any atom is 0.328 e. The van der Waals surface area contributed by atoms with Crippen molar-refractivity contribution in [1.82, 2.24) is 36.0 Å². The van der Waals surface area contributed by atoms with Gasteiger partial charge in [0.25, 0.3) is 6.47 Å². The zero-order valence-electron chi connectivity index (χ0n) is 44.6. The molecule has 2 rings (SSSR count). The number of rotatable bonds is 32. The van der Waals surface area contributed by atoms with Gasteiger partial charge < -0.3 is 50.0 Å².